The molecule has 5 rings (SSSR count). The minimum atomic E-state index is -1.46. The first-order chi connectivity index (χ1) is 17.9. The van der Waals surface area contributed by atoms with Crippen molar-refractivity contribution in [1.82, 2.24) is 29.6 Å². The lowest BCUT2D eigenvalue weighted by Crippen LogP contribution is -2.51. The van der Waals surface area contributed by atoms with E-state index in [4.69, 9.17) is 9.47 Å². The molecule has 1 unspecified atom stereocenters. The van der Waals surface area contributed by atoms with Crippen molar-refractivity contribution in [1.29, 1.82) is 5.26 Å². The topological polar surface area (TPSA) is 151 Å². The molecule has 2 aliphatic rings. The number of hydrogen-bond acceptors (Lipinski definition) is 10. The highest BCUT2D eigenvalue weighted by Gasteiger charge is 2.34. The van der Waals surface area contributed by atoms with Crippen LogP contribution in [0.3, 0.4) is 0 Å². The van der Waals surface area contributed by atoms with E-state index in [-0.39, 0.29) is 36.9 Å². The summed E-state index contributed by atoms with van der Waals surface area (Å²) < 4.78 is 27.6. The number of rotatable bonds is 7. The van der Waals surface area contributed by atoms with E-state index >= 15 is 0 Å². The van der Waals surface area contributed by atoms with Crippen molar-refractivity contribution in [3.63, 3.8) is 0 Å². The molecule has 13 heteroatoms. The number of nitriles is 1. The first-order valence-corrected chi connectivity index (χ1v) is 11.8. The van der Waals surface area contributed by atoms with Gasteiger partial charge in [-0.15, -0.1) is 0 Å². The van der Waals surface area contributed by atoms with E-state index in [1.807, 2.05) is 10.9 Å². The van der Waals surface area contributed by atoms with Crippen molar-refractivity contribution in [3.05, 3.63) is 42.5 Å². The number of piperidine rings is 1. The SMILES string of the molecule is CC(O)C(=O)N1CC[C@H](Oc2ccc(-c3ncnc(Nc4cnn(C5COC5)c4)n3)cc2C#N)[C@H](F)C1. The van der Waals surface area contributed by atoms with Crippen molar-refractivity contribution >= 4 is 17.5 Å². The molecular formula is C24H25FN8O4. The summed E-state index contributed by atoms with van der Waals surface area (Å²) >= 11 is 0. The molecule has 0 radical (unpaired) electrons. The van der Waals surface area contributed by atoms with Gasteiger partial charge >= 0.3 is 0 Å². The smallest absolute Gasteiger partial charge is 0.251 e. The number of aliphatic hydroxyl groups excluding tert-OH is 1. The Morgan fingerprint density at radius 3 is 2.92 bits per heavy atom. The van der Waals surface area contributed by atoms with Gasteiger partial charge in [-0.05, 0) is 25.1 Å². The van der Waals surface area contributed by atoms with Crippen LogP contribution in [0.2, 0.25) is 0 Å². The quantitative estimate of drug-likeness (QED) is 0.482. The number of hydrogen-bond donors (Lipinski definition) is 2. The summed E-state index contributed by atoms with van der Waals surface area (Å²) in [5, 5.41) is 26.6. The maximum atomic E-state index is 14.8. The van der Waals surface area contributed by atoms with E-state index in [0.717, 1.165) is 0 Å². The number of likely N-dealkylation sites (tertiary alicyclic amines) is 1. The number of anilines is 2. The lowest BCUT2D eigenvalue weighted by atomic mass is 10.0. The molecule has 1 aromatic carbocycles. The average Bonchev–Trinajstić information content (AvgIpc) is 3.31. The Kier molecular flexibility index (Phi) is 6.93. The number of nitrogens with zero attached hydrogens (tertiary/aromatic N) is 7. The fourth-order valence-electron chi connectivity index (χ4n) is 4.11. The minimum absolute atomic E-state index is 0.178. The Morgan fingerprint density at radius 1 is 1.38 bits per heavy atom. The van der Waals surface area contributed by atoms with Gasteiger partial charge in [-0.1, -0.05) is 0 Å². The van der Waals surface area contributed by atoms with Gasteiger partial charge in [0.2, 0.25) is 5.95 Å². The number of halogens is 1. The predicted octanol–water partition coefficient (Wildman–Crippen LogP) is 1.62. The third-order valence-corrected chi connectivity index (χ3v) is 6.21. The van der Waals surface area contributed by atoms with E-state index in [9.17, 15) is 19.6 Å². The fraction of sp³-hybridized carbons (Fsp3) is 0.417. The molecule has 1 amide bonds. The zero-order valence-corrected chi connectivity index (χ0v) is 20.0. The third-order valence-electron chi connectivity index (χ3n) is 6.21. The lowest BCUT2D eigenvalue weighted by Gasteiger charge is -2.35. The molecule has 37 heavy (non-hydrogen) atoms. The molecule has 0 saturated carbocycles. The monoisotopic (exact) mass is 508 g/mol. The molecule has 0 spiro atoms. The van der Waals surface area contributed by atoms with E-state index in [1.165, 1.54) is 18.2 Å². The summed E-state index contributed by atoms with van der Waals surface area (Å²) in [6.45, 7) is 2.69. The van der Waals surface area contributed by atoms with Crippen molar-refractivity contribution in [3.8, 4) is 23.2 Å². The van der Waals surface area contributed by atoms with Crippen LogP contribution in [0, 0.1) is 11.3 Å². The van der Waals surface area contributed by atoms with E-state index in [0.29, 0.717) is 36.2 Å². The van der Waals surface area contributed by atoms with Crippen molar-refractivity contribution in [2.45, 2.75) is 37.8 Å². The Morgan fingerprint density at radius 2 is 2.22 bits per heavy atom. The first-order valence-electron chi connectivity index (χ1n) is 11.8. The highest BCUT2D eigenvalue weighted by atomic mass is 19.1. The summed E-state index contributed by atoms with van der Waals surface area (Å²) in [5.41, 5.74) is 1.48. The molecule has 2 aliphatic heterocycles. The van der Waals surface area contributed by atoms with Crippen molar-refractivity contribution in [2.24, 2.45) is 0 Å². The maximum Gasteiger partial charge on any atom is 0.251 e. The number of carbonyl (C=O) groups excluding carboxylic acids is 1. The number of aliphatic hydroxyl groups is 1. The number of carbonyl (C=O) groups is 1. The van der Waals surface area contributed by atoms with Gasteiger partial charge in [0.25, 0.3) is 5.91 Å². The van der Waals surface area contributed by atoms with Crippen molar-refractivity contribution in [2.75, 3.05) is 31.6 Å². The third kappa shape index (κ3) is 5.35. The van der Waals surface area contributed by atoms with Crippen LogP contribution in [0.4, 0.5) is 16.0 Å². The van der Waals surface area contributed by atoms with E-state index in [1.54, 1.807) is 24.4 Å². The molecular weight excluding hydrogens is 483 g/mol. The summed E-state index contributed by atoms with van der Waals surface area (Å²) in [6.07, 6.45) is 1.65. The summed E-state index contributed by atoms with van der Waals surface area (Å²) in [5.74, 6) is 0.367. The van der Waals surface area contributed by atoms with Crippen LogP contribution in [0.1, 0.15) is 24.9 Å². The standard InChI is InChI=1S/C24H25FN8O4/c1-14(34)23(35)32-5-4-21(19(25)10-32)37-20-3-2-15(6-16(20)7-26)22-27-13-28-24(31-22)30-17-8-29-33(9-17)18-11-36-12-18/h2-3,6,8-9,13-14,18-19,21,34H,4-5,10-12H2,1H3,(H,27,28,30,31)/t14?,19-,21+/m1/s1. The highest BCUT2D eigenvalue weighted by molar-refractivity contribution is 5.80. The van der Waals surface area contributed by atoms with Gasteiger partial charge in [0, 0.05) is 24.7 Å². The number of nitrogens with one attached hydrogen (secondary N) is 1. The zero-order valence-electron chi connectivity index (χ0n) is 20.0. The molecule has 3 aromatic rings. The Balaban J connectivity index is 1.27. The van der Waals surface area contributed by atoms with Gasteiger partial charge in [0.05, 0.1) is 43.2 Å². The molecule has 2 saturated heterocycles. The van der Waals surface area contributed by atoms with Crippen LogP contribution in [0.25, 0.3) is 11.4 Å². The molecule has 4 heterocycles. The molecule has 0 bridgehead atoms. The van der Waals surface area contributed by atoms with Gasteiger partial charge in [-0.25, -0.2) is 14.4 Å². The fourth-order valence-corrected chi connectivity index (χ4v) is 4.11. The molecule has 192 valence electrons. The van der Waals surface area contributed by atoms with Crippen LogP contribution in [0.15, 0.2) is 36.9 Å². The second-order valence-corrected chi connectivity index (χ2v) is 8.90. The number of aromatic nitrogens is 5. The number of ether oxygens (including phenoxy) is 2. The Hall–Kier alpha value is -4.15. The minimum Gasteiger partial charge on any atom is -0.486 e. The van der Waals surface area contributed by atoms with Crippen LogP contribution in [-0.4, -0.2) is 85.3 Å². The second-order valence-electron chi connectivity index (χ2n) is 8.90. The summed E-state index contributed by atoms with van der Waals surface area (Å²) in [4.78, 5) is 26.0. The molecule has 2 aromatic heterocycles. The average molecular weight is 509 g/mol. The van der Waals surface area contributed by atoms with E-state index < -0.39 is 24.3 Å². The zero-order chi connectivity index (χ0) is 25.9. The van der Waals surface area contributed by atoms with Gasteiger partial charge in [0.15, 0.2) is 12.0 Å². The largest absolute Gasteiger partial charge is 0.486 e. The van der Waals surface area contributed by atoms with Crippen LogP contribution in [-0.2, 0) is 9.53 Å². The molecule has 0 aliphatic carbocycles. The van der Waals surface area contributed by atoms with Gasteiger partial charge in [-0.2, -0.15) is 15.3 Å². The van der Waals surface area contributed by atoms with Gasteiger partial charge in [0.1, 0.15) is 30.4 Å². The Bertz CT molecular complexity index is 1320. The van der Waals surface area contributed by atoms with E-state index in [2.05, 4.69) is 31.4 Å². The Labute approximate surface area is 211 Å². The maximum absolute atomic E-state index is 14.8. The van der Waals surface area contributed by atoms with Crippen molar-refractivity contribution < 1.29 is 23.8 Å². The molecule has 2 fully saturated rings. The van der Waals surface area contributed by atoms with Crippen LogP contribution < -0.4 is 10.1 Å². The van der Waals surface area contributed by atoms with Crippen LogP contribution >= 0.6 is 0 Å². The number of benzene rings is 1. The number of alkyl halides is 1. The normalized spacial score (nSPS) is 20.5. The first kappa shape index (κ1) is 24.5. The molecule has 12 nitrogen and oxygen atoms in total. The molecule has 2 N–H and O–H groups in total. The molecule has 3 atom stereocenters. The summed E-state index contributed by atoms with van der Waals surface area (Å²) in [7, 11) is 0. The second kappa shape index (κ2) is 10.5. The van der Waals surface area contributed by atoms with Gasteiger partial charge < -0.3 is 24.8 Å². The van der Waals surface area contributed by atoms with Crippen LogP contribution in [0.5, 0.6) is 5.75 Å². The van der Waals surface area contributed by atoms with Gasteiger partial charge in [-0.3, -0.25) is 9.48 Å². The summed E-state index contributed by atoms with van der Waals surface area (Å²) in [6, 6.07) is 7.14. The highest BCUT2D eigenvalue weighted by Crippen LogP contribution is 2.28. The lowest BCUT2D eigenvalue weighted by molar-refractivity contribution is -0.143. The number of amides is 1. The predicted molar refractivity (Wildman–Crippen MR) is 128 cm³/mol.